The quantitative estimate of drug-likeness (QED) is 0.403. The van der Waals surface area contributed by atoms with Crippen molar-refractivity contribution in [3.8, 4) is 0 Å². The van der Waals surface area contributed by atoms with Crippen molar-refractivity contribution >= 4 is 0 Å². The maximum Gasteiger partial charge on any atom is 0.139 e. The van der Waals surface area contributed by atoms with Gasteiger partial charge >= 0.3 is 0 Å². The molecule has 11 heteroatoms. The number of alkyl halides is 10. The third-order valence-corrected chi connectivity index (χ3v) is 4.72. The smallest absolute Gasteiger partial charge is 0.139 e. The molecule has 0 amide bonds. The van der Waals surface area contributed by atoms with Crippen LogP contribution in [0.15, 0.2) is 0 Å². The van der Waals surface area contributed by atoms with Gasteiger partial charge in [0.05, 0.1) is 10.8 Å². The van der Waals surface area contributed by atoms with Crippen molar-refractivity contribution < 1.29 is 48.6 Å². The molecule has 1 nitrogen and oxygen atoms in total. The fraction of sp³-hybridized carbons (Fsp3) is 1.00. The summed E-state index contributed by atoms with van der Waals surface area (Å²) in [6, 6.07) is 0. The molecule has 0 heterocycles. The molecular formula is C14H20F10O. The molecule has 0 aliphatic carbocycles. The van der Waals surface area contributed by atoms with E-state index in [0.717, 1.165) is 0 Å². The van der Waals surface area contributed by atoms with E-state index in [4.69, 9.17) is 0 Å². The minimum Gasteiger partial charge on any atom is -0.356 e. The minimum absolute atomic E-state index is 2.05. The standard InChI is InChI=1S/C14H20F10O/c15-1-11(2-16,3-17)13(7-21,8-22)25-14(9-23,10-24)12(4-18,5-19)6-20/h1-10H2. The minimum atomic E-state index is -3.45. The number of ether oxygens (including phenoxy) is 1. The van der Waals surface area contributed by atoms with Crippen LogP contribution in [0.2, 0.25) is 0 Å². The van der Waals surface area contributed by atoms with Crippen molar-refractivity contribution in [3.63, 3.8) is 0 Å². The van der Waals surface area contributed by atoms with Crippen LogP contribution in [0.3, 0.4) is 0 Å². The number of hydrogen-bond acceptors (Lipinski definition) is 1. The Hall–Kier alpha value is -0.740. The summed E-state index contributed by atoms with van der Waals surface area (Å²) < 4.78 is 138. The van der Waals surface area contributed by atoms with Crippen molar-refractivity contribution in [1.29, 1.82) is 0 Å². The lowest BCUT2D eigenvalue weighted by Crippen LogP contribution is -2.68. The van der Waals surface area contributed by atoms with Crippen LogP contribution in [0.5, 0.6) is 0 Å². The fourth-order valence-corrected chi connectivity index (χ4v) is 2.28. The molecule has 0 saturated carbocycles. The summed E-state index contributed by atoms with van der Waals surface area (Å²) in [5.41, 5.74) is -13.2. The molecule has 0 fully saturated rings. The SMILES string of the molecule is FCC(CF)(CF)C(CF)(CF)OC(CF)(CF)C(CF)(CF)CF. The first kappa shape index (κ1) is 24.3. The monoisotopic (exact) mass is 394 g/mol. The van der Waals surface area contributed by atoms with E-state index < -0.39 is 88.8 Å². The van der Waals surface area contributed by atoms with Gasteiger partial charge in [-0.25, -0.2) is 17.6 Å². The van der Waals surface area contributed by atoms with Crippen molar-refractivity contribution in [2.75, 3.05) is 66.7 Å². The summed E-state index contributed by atoms with van der Waals surface area (Å²) in [5.74, 6) is 0. The lowest BCUT2D eigenvalue weighted by molar-refractivity contribution is -0.286. The van der Waals surface area contributed by atoms with Crippen LogP contribution in [-0.4, -0.2) is 77.9 Å². The molecule has 0 aromatic heterocycles. The van der Waals surface area contributed by atoms with E-state index >= 15 is 0 Å². The Bertz CT molecular complexity index is 314. The molecule has 0 radical (unpaired) electrons. The second-order valence-corrected chi connectivity index (χ2v) is 5.99. The van der Waals surface area contributed by atoms with Crippen LogP contribution in [0.1, 0.15) is 0 Å². The second kappa shape index (κ2) is 9.82. The Kier molecular flexibility index (Phi) is 9.53. The molecule has 0 saturated heterocycles. The van der Waals surface area contributed by atoms with Crippen molar-refractivity contribution in [2.24, 2.45) is 10.8 Å². The molecular weight excluding hydrogens is 374 g/mol. The molecule has 0 N–H and O–H groups in total. The number of hydrogen-bond donors (Lipinski definition) is 0. The fourth-order valence-electron chi connectivity index (χ4n) is 2.28. The van der Waals surface area contributed by atoms with Gasteiger partial charge < -0.3 is 4.74 Å². The van der Waals surface area contributed by atoms with Crippen LogP contribution in [0.25, 0.3) is 0 Å². The lowest BCUT2D eigenvalue weighted by atomic mass is 9.71. The lowest BCUT2D eigenvalue weighted by Gasteiger charge is -2.51. The average molecular weight is 394 g/mol. The zero-order valence-electron chi connectivity index (χ0n) is 13.3. The maximum atomic E-state index is 13.5. The van der Waals surface area contributed by atoms with Gasteiger partial charge in [-0.3, -0.25) is 26.3 Å². The summed E-state index contributed by atoms with van der Waals surface area (Å²) in [6.45, 7) is -21.0. The van der Waals surface area contributed by atoms with Crippen molar-refractivity contribution in [3.05, 3.63) is 0 Å². The normalized spacial score (nSPS) is 14.2. The Labute approximate surface area is 138 Å². The Morgan fingerprint density at radius 2 is 0.560 bits per heavy atom. The predicted octanol–water partition coefficient (Wildman–Crippen LogP) is 4.15. The summed E-state index contributed by atoms with van der Waals surface area (Å²) >= 11 is 0. The molecule has 25 heavy (non-hydrogen) atoms. The Morgan fingerprint density at radius 3 is 0.680 bits per heavy atom. The van der Waals surface area contributed by atoms with Crippen LogP contribution in [0, 0.1) is 10.8 Å². The molecule has 0 bridgehead atoms. The summed E-state index contributed by atoms with van der Waals surface area (Å²) in [5, 5.41) is 0. The van der Waals surface area contributed by atoms with Crippen LogP contribution >= 0.6 is 0 Å². The average Bonchev–Trinajstić information content (AvgIpc) is 2.68. The molecule has 0 aromatic carbocycles. The molecule has 0 aliphatic heterocycles. The first-order valence-corrected chi connectivity index (χ1v) is 7.12. The van der Waals surface area contributed by atoms with Crippen LogP contribution in [0.4, 0.5) is 43.9 Å². The first-order valence-electron chi connectivity index (χ1n) is 7.12. The van der Waals surface area contributed by atoms with E-state index in [1.165, 1.54) is 0 Å². The van der Waals surface area contributed by atoms with Gasteiger partial charge in [-0.2, -0.15) is 0 Å². The highest BCUT2D eigenvalue weighted by molar-refractivity contribution is 5.07. The van der Waals surface area contributed by atoms with E-state index in [-0.39, 0.29) is 0 Å². The molecule has 0 aromatic rings. The molecule has 0 atom stereocenters. The van der Waals surface area contributed by atoms with Gasteiger partial charge in [0.15, 0.2) is 0 Å². The molecule has 0 unspecified atom stereocenters. The van der Waals surface area contributed by atoms with Gasteiger partial charge in [0, 0.05) is 0 Å². The summed E-state index contributed by atoms with van der Waals surface area (Å²) in [7, 11) is 0. The van der Waals surface area contributed by atoms with E-state index in [1.807, 2.05) is 0 Å². The maximum absolute atomic E-state index is 13.5. The van der Waals surface area contributed by atoms with Crippen molar-refractivity contribution in [1.82, 2.24) is 0 Å². The van der Waals surface area contributed by atoms with Gasteiger partial charge in [0.1, 0.15) is 77.9 Å². The van der Waals surface area contributed by atoms with Crippen molar-refractivity contribution in [2.45, 2.75) is 11.2 Å². The third-order valence-electron chi connectivity index (χ3n) is 4.72. The van der Waals surface area contributed by atoms with E-state index in [1.54, 1.807) is 0 Å². The van der Waals surface area contributed by atoms with Gasteiger partial charge in [-0.05, 0) is 0 Å². The molecule has 0 aliphatic rings. The van der Waals surface area contributed by atoms with E-state index in [0.29, 0.717) is 0 Å². The largest absolute Gasteiger partial charge is 0.356 e. The van der Waals surface area contributed by atoms with Gasteiger partial charge in [-0.1, -0.05) is 0 Å². The topological polar surface area (TPSA) is 9.23 Å². The zero-order valence-corrected chi connectivity index (χ0v) is 13.3. The van der Waals surface area contributed by atoms with Gasteiger partial charge in [-0.15, -0.1) is 0 Å². The van der Waals surface area contributed by atoms with Crippen LogP contribution in [-0.2, 0) is 4.74 Å². The Morgan fingerprint density at radius 1 is 0.360 bits per heavy atom. The highest BCUT2D eigenvalue weighted by Gasteiger charge is 2.63. The number of rotatable bonds is 14. The van der Waals surface area contributed by atoms with E-state index in [2.05, 4.69) is 4.74 Å². The first-order chi connectivity index (χ1) is 11.8. The zero-order chi connectivity index (χ0) is 19.8. The summed E-state index contributed by atoms with van der Waals surface area (Å²) in [4.78, 5) is 0. The van der Waals surface area contributed by atoms with E-state index in [9.17, 15) is 43.9 Å². The second-order valence-electron chi connectivity index (χ2n) is 5.99. The molecule has 0 rings (SSSR count). The Balaban J connectivity index is 6.41. The van der Waals surface area contributed by atoms with Gasteiger partial charge in [0.25, 0.3) is 0 Å². The third kappa shape index (κ3) is 3.71. The highest BCUT2D eigenvalue weighted by atomic mass is 19.2. The summed E-state index contributed by atoms with van der Waals surface area (Å²) in [6.07, 6.45) is 0. The molecule has 152 valence electrons. The number of halogens is 10. The van der Waals surface area contributed by atoms with Gasteiger partial charge in [0.2, 0.25) is 0 Å². The predicted molar refractivity (Wildman–Crippen MR) is 71.2 cm³/mol. The van der Waals surface area contributed by atoms with Crippen LogP contribution < -0.4 is 0 Å². The highest BCUT2D eigenvalue weighted by Crippen LogP contribution is 2.47. The molecule has 0 spiro atoms.